The van der Waals surface area contributed by atoms with E-state index in [0.29, 0.717) is 6.04 Å². The molecule has 0 saturated carbocycles. The number of benzene rings is 1. The Kier molecular flexibility index (Phi) is 3.54. The Balaban J connectivity index is 2.19. The fourth-order valence-corrected chi connectivity index (χ4v) is 1.58. The molecule has 0 spiro atoms. The van der Waals surface area contributed by atoms with E-state index < -0.39 is 0 Å². The largest absolute Gasteiger partial charge is 0.308 e. The third-order valence-corrected chi connectivity index (χ3v) is 2.55. The Morgan fingerprint density at radius 1 is 1.24 bits per heavy atom. The Bertz CT molecular complexity index is 473. The lowest BCUT2D eigenvalue weighted by molar-refractivity contribution is 0.551. The van der Waals surface area contributed by atoms with E-state index in [0.717, 1.165) is 23.8 Å². The monoisotopic (exact) mass is 230 g/mol. The average Bonchev–Trinajstić information content (AvgIpc) is 2.69. The molecule has 0 radical (unpaired) electrons. The minimum absolute atomic E-state index is 0.451. The summed E-state index contributed by atoms with van der Waals surface area (Å²) in [4.78, 5) is 4.54. The maximum atomic E-state index is 4.54. The maximum Gasteiger partial charge on any atom is 0.181 e. The van der Waals surface area contributed by atoms with Gasteiger partial charge in [-0.2, -0.15) is 5.10 Å². The quantitative estimate of drug-likeness (QED) is 0.873. The smallest absolute Gasteiger partial charge is 0.181 e. The van der Waals surface area contributed by atoms with E-state index in [9.17, 15) is 0 Å². The highest BCUT2D eigenvalue weighted by Crippen LogP contribution is 2.14. The molecule has 1 heterocycles. The van der Waals surface area contributed by atoms with Crippen molar-refractivity contribution in [3.05, 3.63) is 36.2 Å². The van der Waals surface area contributed by atoms with Crippen LogP contribution in [0.2, 0.25) is 0 Å². The summed E-state index contributed by atoms with van der Waals surface area (Å²) in [6.07, 6.45) is 0. The van der Waals surface area contributed by atoms with Gasteiger partial charge in [-0.05, 0) is 0 Å². The number of hydrogen-bond donors (Lipinski definition) is 1. The molecule has 90 valence electrons. The molecule has 0 fully saturated rings. The van der Waals surface area contributed by atoms with Crippen LogP contribution in [-0.2, 0) is 13.6 Å². The second-order valence-corrected chi connectivity index (χ2v) is 4.38. The summed E-state index contributed by atoms with van der Waals surface area (Å²) >= 11 is 0. The molecule has 0 unspecified atom stereocenters. The predicted octanol–water partition coefficient (Wildman–Crippen LogP) is 1.98. The van der Waals surface area contributed by atoms with Gasteiger partial charge in [0.25, 0.3) is 0 Å². The van der Waals surface area contributed by atoms with E-state index in [4.69, 9.17) is 0 Å². The molecular formula is C13H18N4. The molecule has 0 aliphatic carbocycles. The van der Waals surface area contributed by atoms with Gasteiger partial charge in [0.2, 0.25) is 0 Å². The van der Waals surface area contributed by atoms with Crippen molar-refractivity contribution < 1.29 is 0 Å². The van der Waals surface area contributed by atoms with Crippen LogP contribution in [0.1, 0.15) is 19.7 Å². The molecular weight excluding hydrogens is 212 g/mol. The average molecular weight is 230 g/mol. The zero-order chi connectivity index (χ0) is 12.3. The van der Waals surface area contributed by atoms with Crippen molar-refractivity contribution in [2.75, 3.05) is 0 Å². The van der Waals surface area contributed by atoms with E-state index >= 15 is 0 Å². The molecule has 4 nitrogen and oxygen atoms in total. The molecule has 0 atom stereocenters. The minimum atomic E-state index is 0.451. The summed E-state index contributed by atoms with van der Waals surface area (Å²) in [5.74, 6) is 1.74. The summed E-state index contributed by atoms with van der Waals surface area (Å²) in [7, 11) is 1.93. The highest BCUT2D eigenvalue weighted by molar-refractivity contribution is 5.53. The second-order valence-electron chi connectivity index (χ2n) is 4.38. The first-order valence-corrected chi connectivity index (χ1v) is 5.85. The van der Waals surface area contributed by atoms with Crippen LogP contribution in [0.3, 0.4) is 0 Å². The molecule has 1 aromatic heterocycles. The first kappa shape index (κ1) is 11.8. The predicted molar refractivity (Wildman–Crippen MR) is 68.4 cm³/mol. The third kappa shape index (κ3) is 2.91. The molecule has 2 rings (SSSR count). The molecule has 1 N–H and O–H groups in total. The van der Waals surface area contributed by atoms with E-state index in [-0.39, 0.29) is 0 Å². The van der Waals surface area contributed by atoms with Crippen molar-refractivity contribution in [3.8, 4) is 11.4 Å². The van der Waals surface area contributed by atoms with E-state index in [2.05, 4.69) is 29.2 Å². The van der Waals surface area contributed by atoms with Gasteiger partial charge < -0.3 is 5.32 Å². The van der Waals surface area contributed by atoms with Gasteiger partial charge >= 0.3 is 0 Å². The minimum Gasteiger partial charge on any atom is -0.308 e. The summed E-state index contributed by atoms with van der Waals surface area (Å²) < 4.78 is 1.83. The topological polar surface area (TPSA) is 42.7 Å². The van der Waals surface area contributed by atoms with Crippen LogP contribution in [0, 0.1) is 0 Å². The first-order valence-electron chi connectivity index (χ1n) is 5.85. The highest BCUT2D eigenvalue weighted by Gasteiger charge is 2.08. The van der Waals surface area contributed by atoms with Crippen molar-refractivity contribution in [2.24, 2.45) is 7.05 Å². The summed E-state index contributed by atoms with van der Waals surface area (Å²) in [6, 6.07) is 10.5. The lowest BCUT2D eigenvalue weighted by Crippen LogP contribution is -2.23. The second kappa shape index (κ2) is 5.10. The number of nitrogens with zero attached hydrogens (tertiary/aromatic N) is 3. The van der Waals surface area contributed by atoms with Gasteiger partial charge in [0, 0.05) is 18.7 Å². The molecule has 2 aromatic rings. The number of aryl methyl sites for hydroxylation is 1. The van der Waals surface area contributed by atoms with Crippen LogP contribution >= 0.6 is 0 Å². The Morgan fingerprint density at radius 2 is 1.94 bits per heavy atom. The summed E-state index contributed by atoms with van der Waals surface area (Å²) in [5, 5.41) is 7.77. The van der Waals surface area contributed by atoms with Crippen molar-refractivity contribution in [1.29, 1.82) is 0 Å². The Morgan fingerprint density at radius 3 is 2.59 bits per heavy atom. The van der Waals surface area contributed by atoms with E-state index in [1.165, 1.54) is 0 Å². The van der Waals surface area contributed by atoms with Gasteiger partial charge in [-0.25, -0.2) is 4.98 Å². The van der Waals surface area contributed by atoms with Gasteiger partial charge in [0.15, 0.2) is 5.82 Å². The fraction of sp³-hybridized carbons (Fsp3) is 0.385. The SMILES string of the molecule is CC(C)NCc1nc(-c2ccccc2)nn1C. The van der Waals surface area contributed by atoms with Crippen LogP contribution in [-0.4, -0.2) is 20.8 Å². The van der Waals surface area contributed by atoms with Crippen molar-refractivity contribution in [3.63, 3.8) is 0 Å². The lowest BCUT2D eigenvalue weighted by Gasteiger charge is -2.06. The normalized spacial score (nSPS) is 11.1. The first-order chi connectivity index (χ1) is 8.16. The van der Waals surface area contributed by atoms with Crippen LogP contribution in [0.4, 0.5) is 0 Å². The number of aromatic nitrogens is 3. The lowest BCUT2D eigenvalue weighted by atomic mass is 10.2. The molecule has 4 heteroatoms. The highest BCUT2D eigenvalue weighted by atomic mass is 15.3. The van der Waals surface area contributed by atoms with Crippen LogP contribution in [0.5, 0.6) is 0 Å². The molecule has 1 aromatic carbocycles. The molecule has 0 aliphatic rings. The molecule has 0 saturated heterocycles. The number of rotatable bonds is 4. The molecule has 0 aliphatic heterocycles. The van der Waals surface area contributed by atoms with Crippen molar-refractivity contribution in [1.82, 2.24) is 20.1 Å². The Hall–Kier alpha value is -1.68. The maximum absolute atomic E-state index is 4.54. The van der Waals surface area contributed by atoms with Gasteiger partial charge in [-0.15, -0.1) is 0 Å². The number of nitrogens with one attached hydrogen (secondary N) is 1. The van der Waals surface area contributed by atoms with E-state index in [1.807, 2.05) is 42.1 Å². The summed E-state index contributed by atoms with van der Waals surface area (Å²) in [5.41, 5.74) is 1.05. The van der Waals surface area contributed by atoms with E-state index in [1.54, 1.807) is 0 Å². The molecule has 0 amide bonds. The third-order valence-electron chi connectivity index (χ3n) is 2.55. The van der Waals surface area contributed by atoms with Gasteiger partial charge in [0.05, 0.1) is 6.54 Å². The fourth-order valence-electron chi connectivity index (χ4n) is 1.58. The van der Waals surface area contributed by atoms with Gasteiger partial charge in [-0.1, -0.05) is 44.2 Å². The van der Waals surface area contributed by atoms with Gasteiger partial charge in [-0.3, -0.25) is 4.68 Å². The Labute approximate surface area is 102 Å². The molecule has 0 bridgehead atoms. The standard InChI is InChI=1S/C13H18N4/c1-10(2)14-9-12-15-13(16-17(12)3)11-7-5-4-6-8-11/h4-8,10,14H,9H2,1-3H3. The van der Waals surface area contributed by atoms with Crippen LogP contribution in [0.25, 0.3) is 11.4 Å². The zero-order valence-corrected chi connectivity index (χ0v) is 10.5. The summed E-state index contributed by atoms with van der Waals surface area (Å²) in [6.45, 7) is 4.98. The number of hydrogen-bond acceptors (Lipinski definition) is 3. The van der Waals surface area contributed by atoms with Crippen LogP contribution in [0.15, 0.2) is 30.3 Å². The zero-order valence-electron chi connectivity index (χ0n) is 10.5. The van der Waals surface area contributed by atoms with Gasteiger partial charge in [0.1, 0.15) is 5.82 Å². The molecule has 17 heavy (non-hydrogen) atoms. The van der Waals surface area contributed by atoms with Crippen LogP contribution < -0.4 is 5.32 Å². The van der Waals surface area contributed by atoms with Crippen molar-refractivity contribution >= 4 is 0 Å². The van der Waals surface area contributed by atoms with Crippen molar-refractivity contribution in [2.45, 2.75) is 26.4 Å².